The number of nitrogens with one attached hydrogen (secondary N) is 2. The van der Waals surface area contributed by atoms with Gasteiger partial charge in [-0.2, -0.15) is 0 Å². The van der Waals surface area contributed by atoms with Gasteiger partial charge in [0.25, 0.3) is 0 Å². The SMILES string of the molecule is NCCCC[C@H](NN[C@@H](CCC(=O)O)C(=O)O)C(=O)O. The maximum atomic E-state index is 11.0. The van der Waals surface area contributed by atoms with Gasteiger partial charge in [0.2, 0.25) is 0 Å². The summed E-state index contributed by atoms with van der Waals surface area (Å²) >= 11 is 0. The summed E-state index contributed by atoms with van der Waals surface area (Å²) in [5.74, 6) is -3.47. The lowest BCUT2D eigenvalue weighted by atomic mass is 10.1. The number of aliphatic carboxylic acids is 3. The second kappa shape index (κ2) is 10.1. The van der Waals surface area contributed by atoms with Gasteiger partial charge in [-0.15, -0.1) is 0 Å². The second-order valence-corrected chi connectivity index (χ2v) is 4.29. The first-order valence-corrected chi connectivity index (χ1v) is 6.27. The minimum Gasteiger partial charge on any atom is -0.481 e. The number of carbonyl (C=O) groups is 3. The van der Waals surface area contributed by atoms with Crippen molar-refractivity contribution < 1.29 is 29.7 Å². The third kappa shape index (κ3) is 8.40. The molecule has 20 heavy (non-hydrogen) atoms. The molecule has 0 aliphatic heterocycles. The highest BCUT2D eigenvalue weighted by atomic mass is 16.4. The van der Waals surface area contributed by atoms with E-state index in [1.54, 1.807) is 0 Å². The zero-order valence-electron chi connectivity index (χ0n) is 11.0. The Morgan fingerprint density at radius 2 is 1.40 bits per heavy atom. The van der Waals surface area contributed by atoms with Crippen molar-refractivity contribution in [1.82, 2.24) is 10.9 Å². The summed E-state index contributed by atoms with van der Waals surface area (Å²) < 4.78 is 0. The van der Waals surface area contributed by atoms with Gasteiger partial charge in [-0.3, -0.25) is 14.4 Å². The van der Waals surface area contributed by atoms with Crippen LogP contribution in [0.25, 0.3) is 0 Å². The highest BCUT2D eigenvalue weighted by molar-refractivity contribution is 5.75. The van der Waals surface area contributed by atoms with Gasteiger partial charge in [-0.05, 0) is 32.2 Å². The molecule has 0 spiro atoms. The van der Waals surface area contributed by atoms with Crippen molar-refractivity contribution in [2.24, 2.45) is 5.73 Å². The van der Waals surface area contributed by atoms with Crippen LogP contribution in [0.3, 0.4) is 0 Å². The number of nitrogens with two attached hydrogens (primary N) is 1. The molecular formula is C11H21N3O6. The lowest BCUT2D eigenvalue weighted by Gasteiger charge is -2.19. The Labute approximate surface area is 116 Å². The zero-order chi connectivity index (χ0) is 15.5. The summed E-state index contributed by atoms with van der Waals surface area (Å²) in [6.07, 6.45) is 1.09. The second-order valence-electron chi connectivity index (χ2n) is 4.29. The molecule has 0 radical (unpaired) electrons. The van der Waals surface area contributed by atoms with Gasteiger partial charge < -0.3 is 21.1 Å². The Kier molecular flexibility index (Phi) is 9.26. The van der Waals surface area contributed by atoms with Crippen molar-refractivity contribution in [3.8, 4) is 0 Å². The number of rotatable bonds is 12. The molecule has 0 saturated heterocycles. The summed E-state index contributed by atoms with van der Waals surface area (Å²) in [5, 5.41) is 26.4. The van der Waals surface area contributed by atoms with Crippen LogP contribution in [0, 0.1) is 0 Å². The fraction of sp³-hybridized carbons (Fsp3) is 0.727. The first kappa shape index (κ1) is 18.3. The van der Waals surface area contributed by atoms with Crippen LogP contribution in [0.5, 0.6) is 0 Å². The predicted octanol–water partition coefficient (Wildman–Crippen LogP) is -1.02. The van der Waals surface area contributed by atoms with Crippen molar-refractivity contribution in [2.75, 3.05) is 6.54 Å². The third-order valence-corrected chi connectivity index (χ3v) is 2.62. The smallest absolute Gasteiger partial charge is 0.322 e. The minimum atomic E-state index is -1.25. The van der Waals surface area contributed by atoms with E-state index in [4.69, 9.17) is 21.1 Å². The summed E-state index contributed by atoms with van der Waals surface area (Å²) in [4.78, 5) is 32.3. The molecule has 2 atom stereocenters. The summed E-state index contributed by atoms with van der Waals surface area (Å²) in [6.45, 7) is 0.454. The van der Waals surface area contributed by atoms with Crippen LogP contribution < -0.4 is 16.6 Å². The van der Waals surface area contributed by atoms with E-state index >= 15 is 0 Å². The molecule has 9 nitrogen and oxygen atoms in total. The molecule has 0 aromatic carbocycles. The van der Waals surface area contributed by atoms with Crippen LogP contribution in [0.15, 0.2) is 0 Å². The van der Waals surface area contributed by atoms with Crippen molar-refractivity contribution >= 4 is 17.9 Å². The quantitative estimate of drug-likeness (QED) is 0.195. The Morgan fingerprint density at radius 3 is 1.80 bits per heavy atom. The maximum absolute atomic E-state index is 11.0. The molecule has 7 N–H and O–H groups in total. The molecule has 0 heterocycles. The molecule has 0 unspecified atom stereocenters. The Balaban J connectivity index is 4.28. The lowest BCUT2D eigenvalue weighted by molar-refractivity contribution is -0.144. The van der Waals surface area contributed by atoms with Crippen molar-refractivity contribution in [3.63, 3.8) is 0 Å². The molecule has 0 aliphatic rings. The van der Waals surface area contributed by atoms with Crippen LogP contribution in [0.4, 0.5) is 0 Å². The number of hydrogen-bond acceptors (Lipinski definition) is 6. The normalized spacial score (nSPS) is 13.7. The zero-order valence-corrected chi connectivity index (χ0v) is 11.0. The highest BCUT2D eigenvalue weighted by Crippen LogP contribution is 2.02. The number of unbranched alkanes of at least 4 members (excludes halogenated alkanes) is 1. The molecule has 116 valence electrons. The monoisotopic (exact) mass is 291 g/mol. The Morgan fingerprint density at radius 1 is 0.900 bits per heavy atom. The first-order chi connectivity index (χ1) is 9.38. The van der Waals surface area contributed by atoms with E-state index in [1.165, 1.54) is 0 Å². The summed E-state index contributed by atoms with van der Waals surface area (Å²) in [6, 6.07) is -2.12. The van der Waals surface area contributed by atoms with Gasteiger partial charge in [0.15, 0.2) is 0 Å². The van der Waals surface area contributed by atoms with E-state index in [0.717, 1.165) is 0 Å². The average molecular weight is 291 g/mol. The molecule has 0 amide bonds. The Bertz CT molecular complexity index is 336. The van der Waals surface area contributed by atoms with E-state index in [0.29, 0.717) is 25.8 Å². The molecule has 0 fully saturated rings. The topological polar surface area (TPSA) is 162 Å². The predicted molar refractivity (Wildman–Crippen MR) is 68.9 cm³/mol. The van der Waals surface area contributed by atoms with Gasteiger partial charge in [-0.25, -0.2) is 10.9 Å². The van der Waals surface area contributed by atoms with Gasteiger partial charge in [0.05, 0.1) is 0 Å². The van der Waals surface area contributed by atoms with Crippen LogP contribution in [0.2, 0.25) is 0 Å². The van der Waals surface area contributed by atoms with Crippen LogP contribution in [-0.2, 0) is 14.4 Å². The van der Waals surface area contributed by atoms with Gasteiger partial charge in [0, 0.05) is 6.42 Å². The largest absolute Gasteiger partial charge is 0.481 e. The van der Waals surface area contributed by atoms with Crippen molar-refractivity contribution in [2.45, 2.75) is 44.2 Å². The number of carboxylic acid groups (broad SMARTS) is 3. The van der Waals surface area contributed by atoms with Crippen LogP contribution in [0.1, 0.15) is 32.1 Å². The van der Waals surface area contributed by atoms with Gasteiger partial charge in [-0.1, -0.05) is 0 Å². The molecule has 0 bridgehead atoms. The fourth-order valence-electron chi connectivity index (χ4n) is 1.48. The van der Waals surface area contributed by atoms with E-state index in [2.05, 4.69) is 10.9 Å². The molecule has 0 saturated carbocycles. The molecule has 0 aliphatic carbocycles. The van der Waals surface area contributed by atoms with Crippen LogP contribution >= 0.6 is 0 Å². The molecule has 0 aromatic heterocycles. The standard InChI is InChI=1S/C11H21N3O6/c12-6-2-1-3-7(10(17)18)13-14-8(11(19)20)4-5-9(15)16/h7-8,13-14H,1-6,12H2,(H,15,16)(H,17,18)(H,19,20)/t7-,8-/m0/s1. The highest BCUT2D eigenvalue weighted by Gasteiger charge is 2.22. The van der Waals surface area contributed by atoms with Crippen LogP contribution in [-0.4, -0.2) is 51.9 Å². The maximum Gasteiger partial charge on any atom is 0.322 e. The molecule has 0 rings (SSSR count). The fourth-order valence-corrected chi connectivity index (χ4v) is 1.48. The average Bonchev–Trinajstić information content (AvgIpc) is 2.35. The summed E-state index contributed by atoms with van der Waals surface area (Å²) in [7, 11) is 0. The van der Waals surface area contributed by atoms with Gasteiger partial charge in [0.1, 0.15) is 12.1 Å². The van der Waals surface area contributed by atoms with Crippen molar-refractivity contribution in [1.29, 1.82) is 0 Å². The molecule has 9 heteroatoms. The van der Waals surface area contributed by atoms with E-state index in [9.17, 15) is 14.4 Å². The molecular weight excluding hydrogens is 270 g/mol. The number of hydrazine groups is 1. The van der Waals surface area contributed by atoms with E-state index in [-0.39, 0.29) is 12.8 Å². The van der Waals surface area contributed by atoms with Crippen molar-refractivity contribution in [3.05, 3.63) is 0 Å². The van der Waals surface area contributed by atoms with E-state index in [1.807, 2.05) is 0 Å². The third-order valence-electron chi connectivity index (χ3n) is 2.62. The molecule has 0 aromatic rings. The lowest BCUT2D eigenvalue weighted by Crippen LogP contribution is -2.52. The van der Waals surface area contributed by atoms with Gasteiger partial charge >= 0.3 is 17.9 Å². The number of carboxylic acids is 3. The van der Waals surface area contributed by atoms with E-state index < -0.39 is 30.0 Å². The Hall–Kier alpha value is -1.71. The minimum absolute atomic E-state index is 0.146. The number of hydrogen-bond donors (Lipinski definition) is 6. The first-order valence-electron chi connectivity index (χ1n) is 6.27. The summed E-state index contributed by atoms with van der Waals surface area (Å²) in [5.41, 5.74) is 10.1.